The van der Waals surface area contributed by atoms with E-state index in [-0.39, 0.29) is 24.0 Å². The molecule has 0 amide bonds. The molecule has 0 aromatic heterocycles. The van der Waals surface area contributed by atoms with Gasteiger partial charge in [0, 0.05) is 32.2 Å². The van der Waals surface area contributed by atoms with Crippen LogP contribution >= 0.6 is 24.0 Å². The second kappa shape index (κ2) is 12.4. The molecule has 1 aliphatic rings. The van der Waals surface area contributed by atoms with Gasteiger partial charge in [-0.3, -0.25) is 4.99 Å². The number of benzene rings is 1. The van der Waals surface area contributed by atoms with Crippen LogP contribution in [0, 0.1) is 12.8 Å². The molecule has 2 rings (SSSR count). The Balaban J connectivity index is 0.00000338. The van der Waals surface area contributed by atoms with Crippen LogP contribution in [0.2, 0.25) is 0 Å². The van der Waals surface area contributed by atoms with Gasteiger partial charge in [-0.05, 0) is 50.4 Å². The van der Waals surface area contributed by atoms with Gasteiger partial charge in [-0.1, -0.05) is 25.5 Å². The number of hydrogen-bond acceptors (Lipinski definition) is 3. The van der Waals surface area contributed by atoms with Crippen LogP contribution in [0.1, 0.15) is 37.3 Å². The van der Waals surface area contributed by atoms with Gasteiger partial charge < -0.3 is 20.3 Å². The zero-order valence-electron chi connectivity index (χ0n) is 16.7. The summed E-state index contributed by atoms with van der Waals surface area (Å²) in [4.78, 5) is 6.92. The number of ether oxygens (including phenoxy) is 1. The van der Waals surface area contributed by atoms with Crippen molar-refractivity contribution in [3.05, 3.63) is 29.3 Å². The SMILES string of the molecule is CN=C(NCc1ccc(C)cc1OC)NCC(C)CN1CCCCC1.I. The molecule has 1 fully saturated rings. The Morgan fingerprint density at radius 1 is 1.23 bits per heavy atom. The maximum absolute atomic E-state index is 5.47. The van der Waals surface area contributed by atoms with Crippen LogP contribution in [-0.2, 0) is 6.54 Å². The minimum absolute atomic E-state index is 0. The third kappa shape index (κ3) is 7.70. The molecule has 0 bridgehead atoms. The Kier molecular flexibility index (Phi) is 11.0. The lowest BCUT2D eigenvalue weighted by atomic mass is 10.1. The summed E-state index contributed by atoms with van der Waals surface area (Å²) in [5, 5.41) is 6.83. The number of rotatable bonds is 7. The average molecular weight is 474 g/mol. The van der Waals surface area contributed by atoms with Crippen LogP contribution in [0.4, 0.5) is 0 Å². The van der Waals surface area contributed by atoms with E-state index in [1.807, 2.05) is 7.05 Å². The first-order valence-electron chi connectivity index (χ1n) is 9.42. The Morgan fingerprint density at radius 3 is 2.62 bits per heavy atom. The van der Waals surface area contributed by atoms with Gasteiger partial charge in [0.25, 0.3) is 0 Å². The Morgan fingerprint density at radius 2 is 1.96 bits per heavy atom. The number of likely N-dealkylation sites (tertiary alicyclic amines) is 1. The summed E-state index contributed by atoms with van der Waals surface area (Å²) in [5.74, 6) is 2.36. The van der Waals surface area contributed by atoms with Crippen LogP contribution in [0.15, 0.2) is 23.2 Å². The smallest absolute Gasteiger partial charge is 0.191 e. The summed E-state index contributed by atoms with van der Waals surface area (Å²) in [7, 11) is 3.53. The van der Waals surface area contributed by atoms with E-state index in [2.05, 4.69) is 52.6 Å². The second-order valence-corrected chi connectivity index (χ2v) is 7.09. The Labute approximate surface area is 176 Å². The molecule has 1 aliphatic heterocycles. The summed E-state index contributed by atoms with van der Waals surface area (Å²) in [6.07, 6.45) is 4.09. The quantitative estimate of drug-likeness (QED) is 0.362. The van der Waals surface area contributed by atoms with Crippen LogP contribution in [-0.4, -0.2) is 51.2 Å². The van der Waals surface area contributed by atoms with Gasteiger partial charge >= 0.3 is 0 Å². The first kappa shape index (κ1) is 23.0. The number of methoxy groups -OCH3 is 1. The Bertz CT molecular complexity index is 559. The number of aliphatic imine (C=N–C) groups is 1. The van der Waals surface area contributed by atoms with Gasteiger partial charge in [0.2, 0.25) is 0 Å². The molecule has 0 saturated carbocycles. The van der Waals surface area contributed by atoms with Gasteiger partial charge in [0.05, 0.1) is 7.11 Å². The standard InChI is InChI=1S/C20H34N4O.HI/c1-16-8-9-18(19(12-16)25-4)14-23-20(21-3)22-13-17(2)15-24-10-6-5-7-11-24;/h8-9,12,17H,5-7,10-11,13-15H2,1-4H3,(H2,21,22,23);1H. The third-order valence-corrected chi connectivity index (χ3v) is 4.75. The molecule has 1 aromatic rings. The molecule has 0 spiro atoms. The number of nitrogens with one attached hydrogen (secondary N) is 2. The van der Waals surface area contributed by atoms with Crippen molar-refractivity contribution in [3.8, 4) is 5.75 Å². The van der Waals surface area contributed by atoms with Crippen molar-refractivity contribution in [1.82, 2.24) is 15.5 Å². The highest BCUT2D eigenvalue weighted by Gasteiger charge is 2.13. The van der Waals surface area contributed by atoms with E-state index in [9.17, 15) is 0 Å². The highest BCUT2D eigenvalue weighted by molar-refractivity contribution is 14.0. The fraction of sp³-hybridized carbons (Fsp3) is 0.650. The molecule has 0 aliphatic carbocycles. The van der Waals surface area contributed by atoms with Gasteiger partial charge in [-0.25, -0.2) is 0 Å². The topological polar surface area (TPSA) is 48.9 Å². The van der Waals surface area contributed by atoms with Crippen molar-refractivity contribution in [2.24, 2.45) is 10.9 Å². The van der Waals surface area contributed by atoms with Crippen molar-refractivity contribution in [2.45, 2.75) is 39.7 Å². The number of piperidine rings is 1. The van der Waals surface area contributed by atoms with E-state index in [0.717, 1.165) is 30.4 Å². The third-order valence-electron chi connectivity index (χ3n) is 4.75. The van der Waals surface area contributed by atoms with Crippen molar-refractivity contribution < 1.29 is 4.74 Å². The molecule has 2 N–H and O–H groups in total. The van der Waals surface area contributed by atoms with E-state index < -0.39 is 0 Å². The molecule has 1 unspecified atom stereocenters. The molecule has 6 heteroatoms. The zero-order chi connectivity index (χ0) is 18.1. The highest BCUT2D eigenvalue weighted by Crippen LogP contribution is 2.19. The van der Waals surface area contributed by atoms with E-state index in [1.165, 1.54) is 37.9 Å². The van der Waals surface area contributed by atoms with Gasteiger partial charge in [-0.2, -0.15) is 0 Å². The minimum atomic E-state index is 0. The molecule has 26 heavy (non-hydrogen) atoms. The maximum Gasteiger partial charge on any atom is 0.191 e. The summed E-state index contributed by atoms with van der Waals surface area (Å²) >= 11 is 0. The van der Waals surface area contributed by atoms with Crippen molar-refractivity contribution in [2.75, 3.05) is 40.3 Å². The average Bonchev–Trinajstić information content (AvgIpc) is 2.63. The predicted molar refractivity (Wildman–Crippen MR) is 121 cm³/mol. The van der Waals surface area contributed by atoms with Crippen molar-refractivity contribution in [1.29, 1.82) is 0 Å². The normalized spacial score (nSPS) is 16.5. The van der Waals surface area contributed by atoms with E-state index in [4.69, 9.17) is 4.74 Å². The molecule has 5 nitrogen and oxygen atoms in total. The fourth-order valence-electron chi connectivity index (χ4n) is 3.32. The predicted octanol–water partition coefficient (Wildman–Crippen LogP) is 3.41. The number of aryl methyl sites for hydroxylation is 1. The number of hydrogen-bond donors (Lipinski definition) is 2. The number of nitrogens with zero attached hydrogens (tertiary/aromatic N) is 2. The van der Waals surface area contributed by atoms with Gasteiger partial charge in [-0.15, -0.1) is 24.0 Å². The largest absolute Gasteiger partial charge is 0.496 e. The molecular formula is C20H35IN4O. The zero-order valence-corrected chi connectivity index (χ0v) is 19.0. The van der Waals surface area contributed by atoms with Crippen molar-refractivity contribution in [3.63, 3.8) is 0 Å². The van der Waals surface area contributed by atoms with Crippen LogP contribution < -0.4 is 15.4 Å². The lowest BCUT2D eigenvalue weighted by Gasteiger charge is -2.29. The Hall–Kier alpha value is -1.02. The second-order valence-electron chi connectivity index (χ2n) is 7.09. The van der Waals surface area contributed by atoms with Gasteiger partial charge in [0.1, 0.15) is 5.75 Å². The summed E-state index contributed by atoms with van der Waals surface area (Å²) in [6, 6.07) is 6.28. The van der Waals surface area contributed by atoms with E-state index in [1.54, 1.807) is 7.11 Å². The first-order valence-corrected chi connectivity index (χ1v) is 9.42. The molecule has 1 aromatic carbocycles. The molecule has 0 radical (unpaired) electrons. The van der Waals surface area contributed by atoms with E-state index >= 15 is 0 Å². The maximum atomic E-state index is 5.47. The summed E-state index contributed by atoms with van der Waals surface area (Å²) < 4.78 is 5.47. The fourth-order valence-corrected chi connectivity index (χ4v) is 3.32. The molecule has 148 valence electrons. The van der Waals surface area contributed by atoms with Crippen molar-refractivity contribution >= 4 is 29.9 Å². The lowest BCUT2D eigenvalue weighted by molar-refractivity contribution is 0.201. The number of guanidine groups is 1. The molecule has 1 saturated heterocycles. The van der Waals surface area contributed by atoms with E-state index in [0.29, 0.717) is 12.5 Å². The van der Waals surface area contributed by atoms with Crippen LogP contribution in [0.5, 0.6) is 5.75 Å². The van der Waals surface area contributed by atoms with Gasteiger partial charge in [0.15, 0.2) is 5.96 Å². The molecular weight excluding hydrogens is 439 g/mol. The summed E-state index contributed by atoms with van der Waals surface area (Å²) in [6.45, 7) is 9.68. The van der Waals surface area contributed by atoms with Crippen LogP contribution in [0.25, 0.3) is 0 Å². The number of halogens is 1. The summed E-state index contributed by atoms with van der Waals surface area (Å²) in [5.41, 5.74) is 2.34. The molecule has 1 heterocycles. The highest BCUT2D eigenvalue weighted by atomic mass is 127. The lowest BCUT2D eigenvalue weighted by Crippen LogP contribution is -2.42. The first-order chi connectivity index (χ1) is 12.1. The van der Waals surface area contributed by atoms with Crippen LogP contribution in [0.3, 0.4) is 0 Å². The molecule has 1 atom stereocenters. The minimum Gasteiger partial charge on any atom is -0.496 e. The monoisotopic (exact) mass is 474 g/mol.